The molecule has 0 spiro atoms. The number of hydrogen-bond donors (Lipinski definition) is 0. The van der Waals surface area contributed by atoms with Crippen LogP contribution in [-0.2, 0) is 9.53 Å². The van der Waals surface area contributed by atoms with Crippen molar-refractivity contribution in [2.45, 2.75) is 25.8 Å². The zero-order valence-corrected chi connectivity index (χ0v) is 10.5. The molecule has 1 aromatic rings. The molecule has 1 unspecified atom stereocenters. The van der Waals surface area contributed by atoms with Crippen molar-refractivity contribution < 1.29 is 14.3 Å². The van der Waals surface area contributed by atoms with Gasteiger partial charge in [0.1, 0.15) is 6.04 Å². The van der Waals surface area contributed by atoms with E-state index < -0.39 is 6.04 Å². The molecule has 0 N–H and O–H groups in total. The van der Waals surface area contributed by atoms with Gasteiger partial charge in [-0.15, -0.1) is 0 Å². The average molecular weight is 253 g/mol. The van der Waals surface area contributed by atoms with Crippen molar-refractivity contribution in [1.82, 2.24) is 4.90 Å². The first kappa shape index (κ1) is 12.1. The van der Waals surface area contributed by atoms with Crippen LogP contribution in [-0.4, -0.2) is 36.0 Å². The molecule has 1 aromatic heterocycles. The Morgan fingerprint density at radius 3 is 3.06 bits per heavy atom. The predicted octanol–water partition coefficient (Wildman–Crippen LogP) is 1.92. The fourth-order valence-electron chi connectivity index (χ4n) is 2.05. The minimum absolute atomic E-state index is 0.0678. The van der Waals surface area contributed by atoms with Gasteiger partial charge in [0.15, 0.2) is 0 Å². The highest BCUT2D eigenvalue weighted by atomic mass is 32.1. The highest BCUT2D eigenvalue weighted by molar-refractivity contribution is 7.08. The molecule has 17 heavy (non-hydrogen) atoms. The summed E-state index contributed by atoms with van der Waals surface area (Å²) in [5.74, 6) is -0.351. The second-order valence-electron chi connectivity index (χ2n) is 3.92. The van der Waals surface area contributed by atoms with Crippen molar-refractivity contribution in [2.24, 2.45) is 0 Å². The second kappa shape index (κ2) is 5.31. The molecule has 1 aliphatic heterocycles. The van der Waals surface area contributed by atoms with Gasteiger partial charge in [0.05, 0.1) is 12.2 Å². The number of carbonyl (C=O) groups excluding carboxylic acids is 2. The van der Waals surface area contributed by atoms with E-state index in [4.69, 9.17) is 4.74 Å². The van der Waals surface area contributed by atoms with Crippen LogP contribution in [0.3, 0.4) is 0 Å². The van der Waals surface area contributed by atoms with E-state index in [-0.39, 0.29) is 11.9 Å². The predicted molar refractivity (Wildman–Crippen MR) is 65.0 cm³/mol. The molecule has 2 heterocycles. The lowest BCUT2D eigenvalue weighted by molar-refractivity contribution is -0.147. The molecular formula is C12H15NO3S. The summed E-state index contributed by atoms with van der Waals surface area (Å²) in [6, 6.07) is 1.38. The SMILES string of the molecule is CCOC(=O)C1CCCN1C(=O)c1ccsc1. The Balaban J connectivity index is 2.09. The summed E-state index contributed by atoms with van der Waals surface area (Å²) < 4.78 is 4.99. The third kappa shape index (κ3) is 2.49. The molecule has 0 radical (unpaired) electrons. The first-order valence-corrected chi connectivity index (χ1v) is 6.68. The van der Waals surface area contributed by atoms with Crippen molar-refractivity contribution >= 4 is 23.2 Å². The molecule has 1 amide bonds. The average Bonchev–Trinajstić information content (AvgIpc) is 3.00. The summed E-state index contributed by atoms with van der Waals surface area (Å²) in [5, 5.41) is 3.67. The minimum Gasteiger partial charge on any atom is -0.464 e. The number of thiophene rings is 1. The van der Waals surface area contributed by atoms with Gasteiger partial charge in [-0.25, -0.2) is 4.79 Å². The molecule has 1 fully saturated rings. The topological polar surface area (TPSA) is 46.6 Å². The van der Waals surface area contributed by atoms with E-state index in [9.17, 15) is 9.59 Å². The monoisotopic (exact) mass is 253 g/mol. The van der Waals surface area contributed by atoms with Crippen LogP contribution < -0.4 is 0 Å². The van der Waals surface area contributed by atoms with Crippen LogP contribution in [0.4, 0.5) is 0 Å². The van der Waals surface area contributed by atoms with Gasteiger partial charge in [-0.3, -0.25) is 4.79 Å². The summed E-state index contributed by atoms with van der Waals surface area (Å²) in [5.41, 5.74) is 0.659. The Kier molecular flexibility index (Phi) is 3.78. The molecule has 0 aliphatic carbocycles. The zero-order chi connectivity index (χ0) is 12.3. The van der Waals surface area contributed by atoms with Crippen LogP contribution in [0.1, 0.15) is 30.1 Å². The number of rotatable bonds is 3. The molecule has 5 heteroatoms. The van der Waals surface area contributed by atoms with Gasteiger partial charge in [-0.1, -0.05) is 0 Å². The summed E-state index contributed by atoms with van der Waals surface area (Å²) in [6.07, 6.45) is 1.56. The lowest BCUT2D eigenvalue weighted by Gasteiger charge is -2.22. The smallest absolute Gasteiger partial charge is 0.328 e. The van der Waals surface area contributed by atoms with Crippen LogP contribution >= 0.6 is 11.3 Å². The van der Waals surface area contributed by atoms with Gasteiger partial charge >= 0.3 is 5.97 Å². The maximum absolute atomic E-state index is 12.2. The molecule has 4 nitrogen and oxygen atoms in total. The number of carbonyl (C=O) groups is 2. The maximum atomic E-state index is 12.2. The number of ether oxygens (including phenoxy) is 1. The Morgan fingerprint density at radius 2 is 2.41 bits per heavy atom. The second-order valence-corrected chi connectivity index (χ2v) is 4.70. The number of nitrogens with zero attached hydrogens (tertiary/aromatic N) is 1. The van der Waals surface area contributed by atoms with Gasteiger partial charge < -0.3 is 9.64 Å². The van der Waals surface area contributed by atoms with Gasteiger partial charge in [0.25, 0.3) is 5.91 Å². The summed E-state index contributed by atoms with van der Waals surface area (Å²) in [4.78, 5) is 25.5. The molecule has 2 rings (SSSR count). The lowest BCUT2D eigenvalue weighted by Crippen LogP contribution is -2.41. The Bertz CT molecular complexity index is 402. The quantitative estimate of drug-likeness (QED) is 0.773. The molecule has 1 atom stereocenters. The van der Waals surface area contributed by atoms with Gasteiger partial charge in [0.2, 0.25) is 0 Å². The molecule has 0 saturated carbocycles. The highest BCUT2D eigenvalue weighted by Gasteiger charge is 2.35. The van der Waals surface area contributed by atoms with Crippen molar-refractivity contribution in [3.8, 4) is 0 Å². The minimum atomic E-state index is -0.401. The summed E-state index contributed by atoms with van der Waals surface area (Å²) in [6.45, 7) is 2.77. The lowest BCUT2D eigenvalue weighted by atomic mass is 10.2. The third-order valence-corrected chi connectivity index (χ3v) is 3.52. The van der Waals surface area contributed by atoms with Crippen molar-refractivity contribution in [3.05, 3.63) is 22.4 Å². The fraction of sp³-hybridized carbons (Fsp3) is 0.500. The van der Waals surface area contributed by atoms with E-state index in [2.05, 4.69) is 0 Å². The first-order chi connectivity index (χ1) is 8.24. The molecular weight excluding hydrogens is 238 g/mol. The van der Waals surface area contributed by atoms with E-state index in [1.165, 1.54) is 11.3 Å². The van der Waals surface area contributed by atoms with Crippen LogP contribution in [0.15, 0.2) is 16.8 Å². The number of amides is 1. The number of hydrogen-bond acceptors (Lipinski definition) is 4. The van der Waals surface area contributed by atoms with Crippen LogP contribution in [0, 0.1) is 0 Å². The summed E-state index contributed by atoms with van der Waals surface area (Å²) >= 11 is 1.48. The molecule has 1 saturated heterocycles. The van der Waals surface area contributed by atoms with Gasteiger partial charge in [0, 0.05) is 11.9 Å². The molecule has 1 aliphatic rings. The van der Waals surface area contributed by atoms with E-state index in [1.807, 2.05) is 10.8 Å². The molecule has 0 bridgehead atoms. The van der Waals surface area contributed by atoms with Crippen LogP contribution in [0.2, 0.25) is 0 Å². The van der Waals surface area contributed by atoms with E-state index in [1.54, 1.807) is 17.9 Å². The number of esters is 1. The zero-order valence-electron chi connectivity index (χ0n) is 9.72. The van der Waals surface area contributed by atoms with E-state index >= 15 is 0 Å². The summed E-state index contributed by atoms with van der Waals surface area (Å²) in [7, 11) is 0. The largest absolute Gasteiger partial charge is 0.464 e. The first-order valence-electron chi connectivity index (χ1n) is 5.74. The van der Waals surface area contributed by atoms with Crippen molar-refractivity contribution in [3.63, 3.8) is 0 Å². The molecule has 0 aromatic carbocycles. The standard InChI is InChI=1S/C12H15NO3S/c1-2-16-12(15)10-4-3-6-13(10)11(14)9-5-7-17-8-9/h5,7-8,10H,2-4,6H2,1H3. The van der Waals surface area contributed by atoms with Crippen LogP contribution in [0.25, 0.3) is 0 Å². The fourth-order valence-corrected chi connectivity index (χ4v) is 2.67. The van der Waals surface area contributed by atoms with Crippen LogP contribution in [0.5, 0.6) is 0 Å². The van der Waals surface area contributed by atoms with Gasteiger partial charge in [-0.2, -0.15) is 11.3 Å². The third-order valence-electron chi connectivity index (χ3n) is 2.84. The van der Waals surface area contributed by atoms with Gasteiger partial charge in [-0.05, 0) is 31.2 Å². The normalized spacial score (nSPS) is 19.4. The van der Waals surface area contributed by atoms with E-state index in [0.29, 0.717) is 25.1 Å². The maximum Gasteiger partial charge on any atom is 0.328 e. The van der Waals surface area contributed by atoms with Crippen molar-refractivity contribution in [1.29, 1.82) is 0 Å². The Labute approximate surface area is 104 Å². The van der Waals surface area contributed by atoms with E-state index in [0.717, 1.165) is 6.42 Å². The number of likely N-dealkylation sites (tertiary alicyclic amines) is 1. The highest BCUT2D eigenvalue weighted by Crippen LogP contribution is 2.22. The molecule has 92 valence electrons. The Hall–Kier alpha value is -1.36. The Morgan fingerprint density at radius 1 is 1.59 bits per heavy atom. The van der Waals surface area contributed by atoms with Crippen molar-refractivity contribution in [2.75, 3.05) is 13.2 Å².